The smallest absolute Gasteiger partial charge is 0.130 e. The van der Waals surface area contributed by atoms with Crippen molar-refractivity contribution in [2.75, 3.05) is 5.32 Å². The molecule has 1 aromatic heterocycles. The summed E-state index contributed by atoms with van der Waals surface area (Å²) in [6, 6.07) is 12.0. The monoisotopic (exact) mass is 285 g/mol. The molecular weight excluding hydrogens is 266 g/mol. The summed E-state index contributed by atoms with van der Waals surface area (Å²) in [6.45, 7) is 6.57. The Morgan fingerprint density at radius 2 is 1.85 bits per heavy atom. The van der Waals surface area contributed by atoms with Gasteiger partial charge in [-0.25, -0.2) is 4.98 Å². The predicted molar refractivity (Wildman–Crippen MR) is 88.5 cm³/mol. The van der Waals surface area contributed by atoms with Gasteiger partial charge in [0.2, 0.25) is 0 Å². The molecule has 1 aromatic carbocycles. The highest BCUT2D eigenvalue weighted by atomic mass is 32.1. The molecule has 20 heavy (non-hydrogen) atoms. The van der Waals surface area contributed by atoms with Gasteiger partial charge in [-0.3, -0.25) is 0 Å². The van der Waals surface area contributed by atoms with E-state index in [2.05, 4.69) is 49.3 Å². The molecule has 1 heterocycles. The van der Waals surface area contributed by atoms with Crippen LogP contribution in [0.15, 0.2) is 42.6 Å². The summed E-state index contributed by atoms with van der Waals surface area (Å²) in [5.41, 5.74) is 8.73. The Bertz CT molecular complexity index is 612. The third kappa shape index (κ3) is 3.33. The fourth-order valence-corrected chi connectivity index (χ4v) is 2.12. The quantitative estimate of drug-likeness (QED) is 0.843. The Hall–Kier alpha value is -1.94. The predicted octanol–water partition coefficient (Wildman–Crippen LogP) is 3.76. The van der Waals surface area contributed by atoms with Crippen LogP contribution in [0.4, 0.5) is 11.5 Å². The topological polar surface area (TPSA) is 50.9 Å². The minimum atomic E-state index is 0.0718. The summed E-state index contributed by atoms with van der Waals surface area (Å²) in [4.78, 5) is 4.70. The lowest BCUT2D eigenvalue weighted by atomic mass is 9.86. The molecule has 3 N–H and O–H groups in total. The number of pyridine rings is 1. The summed E-state index contributed by atoms with van der Waals surface area (Å²) < 4.78 is 0. The van der Waals surface area contributed by atoms with Crippen LogP contribution in [0.5, 0.6) is 0 Å². The van der Waals surface area contributed by atoms with E-state index >= 15 is 0 Å². The van der Waals surface area contributed by atoms with Crippen molar-refractivity contribution >= 4 is 28.7 Å². The molecule has 0 fully saturated rings. The number of aromatic nitrogens is 1. The van der Waals surface area contributed by atoms with E-state index in [1.165, 1.54) is 5.56 Å². The Kier molecular flexibility index (Phi) is 4.04. The van der Waals surface area contributed by atoms with E-state index in [9.17, 15) is 0 Å². The highest BCUT2D eigenvalue weighted by Crippen LogP contribution is 2.30. The maximum Gasteiger partial charge on any atom is 0.130 e. The molecule has 4 heteroatoms. The molecule has 0 spiro atoms. The Balaban J connectivity index is 2.28. The maximum absolute atomic E-state index is 5.57. The van der Waals surface area contributed by atoms with Crippen LogP contribution in [0, 0.1) is 0 Å². The van der Waals surface area contributed by atoms with Crippen LogP contribution in [0.25, 0.3) is 0 Å². The average Bonchev–Trinajstić information content (AvgIpc) is 2.38. The zero-order chi connectivity index (χ0) is 14.8. The second-order valence-corrected chi connectivity index (χ2v) is 6.16. The van der Waals surface area contributed by atoms with Crippen molar-refractivity contribution in [1.82, 2.24) is 4.98 Å². The number of nitrogens with one attached hydrogen (secondary N) is 1. The van der Waals surface area contributed by atoms with Crippen molar-refractivity contribution in [3.63, 3.8) is 0 Å². The molecule has 0 saturated carbocycles. The average molecular weight is 285 g/mol. The SMILES string of the molecule is CC(C)(C)c1ccccc1Nc1ccc(C(N)=S)cn1. The van der Waals surface area contributed by atoms with Crippen LogP contribution in [-0.4, -0.2) is 9.97 Å². The summed E-state index contributed by atoms with van der Waals surface area (Å²) in [5, 5.41) is 3.35. The van der Waals surface area contributed by atoms with Crippen LogP contribution in [-0.2, 0) is 5.41 Å². The Labute approximate surface area is 125 Å². The van der Waals surface area contributed by atoms with Crippen LogP contribution in [0.3, 0.4) is 0 Å². The van der Waals surface area contributed by atoms with Gasteiger partial charge in [0.1, 0.15) is 10.8 Å². The first-order chi connectivity index (χ1) is 9.38. The molecule has 0 radical (unpaired) electrons. The maximum atomic E-state index is 5.57. The fraction of sp³-hybridized carbons (Fsp3) is 0.250. The van der Waals surface area contributed by atoms with E-state index in [4.69, 9.17) is 18.0 Å². The van der Waals surface area contributed by atoms with E-state index in [0.29, 0.717) is 4.99 Å². The number of hydrogen-bond acceptors (Lipinski definition) is 3. The number of nitrogens with two attached hydrogens (primary N) is 1. The number of nitrogens with zero attached hydrogens (tertiary/aromatic N) is 1. The van der Waals surface area contributed by atoms with Crippen molar-refractivity contribution < 1.29 is 0 Å². The first-order valence-corrected chi connectivity index (χ1v) is 6.91. The normalized spacial score (nSPS) is 11.2. The Morgan fingerprint density at radius 1 is 1.15 bits per heavy atom. The second-order valence-electron chi connectivity index (χ2n) is 5.72. The van der Waals surface area contributed by atoms with Crippen molar-refractivity contribution in [3.05, 3.63) is 53.7 Å². The van der Waals surface area contributed by atoms with Crippen molar-refractivity contribution in [2.45, 2.75) is 26.2 Å². The first kappa shape index (κ1) is 14.5. The number of thiocarbonyl (C=S) groups is 1. The van der Waals surface area contributed by atoms with E-state index in [-0.39, 0.29) is 5.41 Å². The van der Waals surface area contributed by atoms with Crippen LogP contribution >= 0.6 is 12.2 Å². The standard InChI is InChI=1S/C16H19N3S/c1-16(2,3)12-6-4-5-7-13(12)19-14-9-8-11(10-18-14)15(17)20/h4-10H,1-3H3,(H2,17,20)(H,18,19). The number of hydrogen-bond donors (Lipinski definition) is 2. The second kappa shape index (κ2) is 5.59. The number of para-hydroxylation sites is 1. The lowest BCUT2D eigenvalue weighted by Crippen LogP contribution is -2.14. The highest BCUT2D eigenvalue weighted by Gasteiger charge is 2.17. The van der Waals surface area contributed by atoms with Gasteiger partial charge in [-0.05, 0) is 29.2 Å². The van der Waals surface area contributed by atoms with Gasteiger partial charge < -0.3 is 11.1 Å². The van der Waals surface area contributed by atoms with E-state index in [1.54, 1.807) is 6.20 Å². The molecule has 0 aliphatic rings. The fourth-order valence-electron chi connectivity index (χ4n) is 2.00. The first-order valence-electron chi connectivity index (χ1n) is 6.50. The van der Waals surface area contributed by atoms with Gasteiger partial charge in [-0.2, -0.15) is 0 Å². The molecule has 0 unspecified atom stereocenters. The molecule has 2 aromatic rings. The molecule has 3 nitrogen and oxygen atoms in total. The minimum Gasteiger partial charge on any atom is -0.389 e. The van der Waals surface area contributed by atoms with Gasteiger partial charge in [-0.15, -0.1) is 0 Å². The van der Waals surface area contributed by atoms with E-state index < -0.39 is 0 Å². The molecule has 0 atom stereocenters. The van der Waals surface area contributed by atoms with Gasteiger partial charge in [0.25, 0.3) is 0 Å². The van der Waals surface area contributed by atoms with Gasteiger partial charge in [0.15, 0.2) is 0 Å². The van der Waals surface area contributed by atoms with Crippen LogP contribution in [0.2, 0.25) is 0 Å². The van der Waals surface area contributed by atoms with Crippen LogP contribution in [0.1, 0.15) is 31.9 Å². The molecule has 2 rings (SSSR count). The third-order valence-electron chi connectivity index (χ3n) is 3.05. The summed E-state index contributed by atoms with van der Waals surface area (Å²) >= 11 is 4.92. The molecule has 104 valence electrons. The molecule has 0 aliphatic carbocycles. The van der Waals surface area contributed by atoms with Gasteiger partial charge >= 0.3 is 0 Å². The van der Waals surface area contributed by atoms with Crippen molar-refractivity contribution in [1.29, 1.82) is 0 Å². The highest BCUT2D eigenvalue weighted by molar-refractivity contribution is 7.80. The zero-order valence-corrected chi connectivity index (χ0v) is 12.8. The van der Waals surface area contributed by atoms with E-state index in [0.717, 1.165) is 17.1 Å². The van der Waals surface area contributed by atoms with Gasteiger partial charge in [0, 0.05) is 17.4 Å². The summed E-state index contributed by atoms with van der Waals surface area (Å²) in [6.07, 6.45) is 1.68. The summed E-state index contributed by atoms with van der Waals surface area (Å²) in [7, 11) is 0. The summed E-state index contributed by atoms with van der Waals surface area (Å²) in [5.74, 6) is 0.779. The minimum absolute atomic E-state index is 0.0718. The Morgan fingerprint density at radius 3 is 2.40 bits per heavy atom. The largest absolute Gasteiger partial charge is 0.389 e. The van der Waals surface area contributed by atoms with Gasteiger partial charge in [0.05, 0.1) is 0 Å². The third-order valence-corrected chi connectivity index (χ3v) is 3.28. The number of rotatable bonds is 3. The molecule has 0 bridgehead atoms. The lowest BCUT2D eigenvalue weighted by Gasteiger charge is -2.23. The van der Waals surface area contributed by atoms with Crippen molar-refractivity contribution in [2.24, 2.45) is 5.73 Å². The number of benzene rings is 1. The molecular formula is C16H19N3S. The van der Waals surface area contributed by atoms with Gasteiger partial charge in [-0.1, -0.05) is 51.2 Å². The number of anilines is 2. The van der Waals surface area contributed by atoms with E-state index in [1.807, 2.05) is 18.2 Å². The molecule has 0 amide bonds. The molecule has 0 saturated heterocycles. The van der Waals surface area contributed by atoms with Crippen LogP contribution < -0.4 is 11.1 Å². The molecule has 0 aliphatic heterocycles. The lowest BCUT2D eigenvalue weighted by molar-refractivity contribution is 0.592. The zero-order valence-electron chi connectivity index (χ0n) is 12.0. The van der Waals surface area contributed by atoms with Crippen molar-refractivity contribution in [3.8, 4) is 0 Å².